The number of amides is 1. The van der Waals surface area contributed by atoms with E-state index in [0.29, 0.717) is 18.5 Å². The zero-order valence-corrected chi connectivity index (χ0v) is 18.7. The molecule has 0 aromatic carbocycles. The number of carbonyl (C=O) groups is 2. The number of aryl methyl sites for hydroxylation is 1. The van der Waals surface area contributed by atoms with E-state index in [1.165, 1.54) is 12.3 Å². The Labute approximate surface area is 179 Å². The van der Waals surface area contributed by atoms with E-state index in [9.17, 15) is 23.3 Å². The molecule has 1 aliphatic carbocycles. The number of ketones is 1. The van der Waals surface area contributed by atoms with Crippen LogP contribution in [0.4, 0.5) is 0 Å². The molecule has 1 heterocycles. The lowest BCUT2D eigenvalue weighted by atomic mass is 9.84. The molecule has 7 nitrogen and oxygen atoms in total. The number of sulfone groups is 1. The summed E-state index contributed by atoms with van der Waals surface area (Å²) in [4.78, 5) is 29.1. The third-order valence-electron chi connectivity index (χ3n) is 5.46. The van der Waals surface area contributed by atoms with Crippen LogP contribution < -0.4 is 5.32 Å². The van der Waals surface area contributed by atoms with Crippen LogP contribution in [0.1, 0.15) is 58.1 Å². The van der Waals surface area contributed by atoms with E-state index in [2.05, 4.69) is 16.4 Å². The van der Waals surface area contributed by atoms with Crippen molar-refractivity contribution in [3.8, 4) is 6.07 Å². The van der Waals surface area contributed by atoms with Crippen molar-refractivity contribution in [2.24, 2.45) is 17.8 Å². The molecule has 1 saturated carbocycles. The Hall–Kier alpha value is -2.27. The number of rotatable bonds is 9. The van der Waals surface area contributed by atoms with Crippen molar-refractivity contribution >= 4 is 21.5 Å². The van der Waals surface area contributed by atoms with E-state index >= 15 is 0 Å². The maximum atomic E-state index is 12.9. The molecule has 1 amide bonds. The Bertz CT molecular complexity index is 888. The normalized spacial score (nSPS) is 19.2. The van der Waals surface area contributed by atoms with Gasteiger partial charge in [-0.3, -0.25) is 14.6 Å². The van der Waals surface area contributed by atoms with Gasteiger partial charge in [-0.1, -0.05) is 20.3 Å². The Morgan fingerprint density at radius 1 is 1.33 bits per heavy atom. The minimum atomic E-state index is -3.71. The fourth-order valence-electron chi connectivity index (χ4n) is 3.84. The number of hydrogen-bond donors (Lipinski definition) is 1. The van der Waals surface area contributed by atoms with Crippen LogP contribution in [0.2, 0.25) is 0 Å². The van der Waals surface area contributed by atoms with E-state index in [4.69, 9.17) is 0 Å². The second-order valence-corrected chi connectivity index (χ2v) is 10.6. The smallest absolute Gasteiger partial charge is 0.225 e. The summed E-state index contributed by atoms with van der Waals surface area (Å²) in [6.07, 6.45) is 5.05. The van der Waals surface area contributed by atoms with Gasteiger partial charge in [-0.25, -0.2) is 8.42 Å². The molecule has 1 aliphatic rings. The molecule has 30 heavy (non-hydrogen) atoms. The monoisotopic (exact) mass is 433 g/mol. The highest BCUT2D eigenvalue weighted by Gasteiger charge is 2.31. The highest BCUT2D eigenvalue weighted by atomic mass is 32.2. The van der Waals surface area contributed by atoms with Crippen LogP contribution in [0.25, 0.3) is 0 Å². The van der Waals surface area contributed by atoms with Gasteiger partial charge in [-0.05, 0) is 50.7 Å². The van der Waals surface area contributed by atoms with Crippen molar-refractivity contribution in [3.63, 3.8) is 0 Å². The lowest BCUT2D eigenvalue weighted by Crippen LogP contribution is -2.42. The number of hydrogen-bond acceptors (Lipinski definition) is 6. The number of carbonyl (C=O) groups excluding carboxylic acids is 2. The van der Waals surface area contributed by atoms with Crippen molar-refractivity contribution in [3.05, 3.63) is 24.0 Å². The highest BCUT2D eigenvalue weighted by molar-refractivity contribution is 7.91. The molecule has 0 radical (unpaired) electrons. The first-order chi connectivity index (χ1) is 14.1. The molecule has 0 unspecified atom stereocenters. The molecule has 0 spiro atoms. The second kappa shape index (κ2) is 10.7. The molecular formula is C22H31N3O4S. The van der Waals surface area contributed by atoms with Gasteiger partial charge in [0.25, 0.3) is 0 Å². The van der Waals surface area contributed by atoms with Crippen molar-refractivity contribution in [2.75, 3.05) is 5.75 Å². The van der Waals surface area contributed by atoms with Crippen molar-refractivity contribution < 1.29 is 18.0 Å². The topological polar surface area (TPSA) is 117 Å². The summed E-state index contributed by atoms with van der Waals surface area (Å²) >= 11 is 0. The molecule has 2 rings (SSSR count). The first-order valence-corrected chi connectivity index (χ1v) is 12.2. The van der Waals surface area contributed by atoms with Gasteiger partial charge >= 0.3 is 0 Å². The number of nitrogens with one attached hydrogen (secondary N) is 1. The maximum Gasteiger partial charge on any atom is 0.225 e. The van der Waals surface area contributed by atoms with Crippen LogP contribution in [0, 0.1) is 36.0 Å². The molecule has 164 valence electrons. The summed E-state index contributed by atoms with van der Waals surface area (Å²) in [7, 11) is -3.71. The third kappa shape index (κ3) is 6.91. The molecule has 8 heteroatoms. The lowest BCUT2D eigenvalue weighted by Gasteiger charge is -2.25. The highest BCUT2D eigenvalue weighted by Crippen LogP contribution is 2.25. The SMILES string of the molecule is Cc1ccc(S(=O)(=O)C[C@@H](CC(C)C)C(=O)N[C@H](C#N)C[C@@H]2CCCCC2=O)cn1. The van der Waals surface area contributed by atoms with Gasteiger partial charge in [0.1, 0.15) is 11.8 Å². The lowest BCUT2D eigenvalue weighted by molar-refractivity contribution is -0.127. The van der Waals surface area contributed by atoms with Crippen molar-refractivity contribution in [2.45, 2.75) is 70.2 Å². The summed E-state index contributed by atoms with van der Waals surface area (Å²) < 4.78 is 25.7. The Morgan fingerprint density at radius 3 is 2.63 bits per heavy atom. The van der Waals surface area contributed by atoms with Gasteiger partial charge < -0.3 is 5.32 Å². The van der Waals surface area contributed by atoms with Crippen LogP contribution in [-0.4, -0.2) is 36.9 Å². The van der Waals surface area contributed by atoms with E-state index in [0.717, 1.165) is 19.3 Å². The minimum Gasteiger partial charge on any atom is -0.340 e. The zero-order chi connectivity index (χ0) is 22.3. The fourth-order valence-corrected chi connectivity index (χ4v) is 5.34. The molecule has 1 aromatic heterocycles. The first-order valence-electron chi connectivity index (χ1n) is 10.5. The quantitative estimate of drug-likeness (QED) is 0.640. The van der Waals surface area contributed by atoms with Crippen molar-refractivity contribution in [1.29, 1.82) is 5.26 Å². The minimum absolute atomic E-state index is 0.0827. The fraction of sp³-hybridized carbons (Fsp3) is 0.636. The molecular weight excluding hydrogens is 402 g/mol. The molecule has 0 aliphatic heterocycles. The van der Waals surface area contributed by atoms with Crippen LogP contribution in [0.3, 0.4) is 0 Å². The molecule has 3 atom stereocenters. The standard InChI is InChI=1S/C22H31N3O4S/c1-15(2)10-18(14-30(28,29)20-9-8-16(3)24-13-20)22(27)25-19(12-23)11-17-6-4-5-7-21(17)26/h8-9,13,15,17-19H,4-7,10-11,14H2,1-3H3,(H,25,27)/t17-,18+,19-/m0/s1. The number of aromatic nitrogens is 1. The average Bonchev–Trinajstić information content (AvgIpc) is 2.68. The summed E-state index contributed by atoms with van der Waals surface area (Å²) in [5.41, 5.74) is 0.708. The molecule has 0 saturated heterocycles. The molecule has 1 aromatic rings. The largest absolute Gasteiger partial charge is 0.340 e. The van der Waals surface area contributed by atoms with Gasteiger partial charge in [0, 0.05) is 24.2 Å². The van der Waals surface area contributed by atoms with Crippen molar-refractivity contribution in [1.82, 2.24) is 10.3 Å². The van der Waals surface area contributed by atoms with E-state index < -0.39 is 27.7 Å². The third-order valence-corrected chi connectivity index (χ3v) is 7.27. The van der Waals surface area contributed by atoms with Crippen LogP contribution in [0.5, 0.6) is 0 Å². The first kappa shape index (κ1) is 24.0. The predicted octanol–water partition coefficient (Wildman–Crippen LogP) is 2.98. The predicted molar refractivity (Wildman–Crippen MR) is 113 cm³/mol. The number of pyridine rings is 1. The Morgan fingerprint density at radius 2 is 2.07 bits per heavy atom. The Balaban J connectivity index is 2.10. The van der Waals surface area contributed by atoms with Gasteiger partial charge in [-0.2, -0.15) is 5.26 Å². The summed E-state index contributed by atoms with van der Waals surface area (Å²) in [6, 6.07) is 4.38. The second-order valence-electron chi connectivity index (χ2n) is 8.58. The average molecular weight is 434 g/mol. The molecule has 0 bridgehead atoms. The zero-order valence-electron chi connectivity index (χ0n) is 17.9. The number of Topliss-reactive ketones (excluding diaryl/α,β-unsaturated/α-hetero) is 1. The van der Waals surface area contributed by atoms with Gasteiger partial charge in [-0.15, -0.1) is 0 Å². The van der Waals surface area contributed by atoms with Crippen LogP contribution in [-0.2, 0) is 19.4 Å². The summed E-state index contributed by atoms with van der Waals surface area (Å²) in [5.74, 6) is -1.55. The van der Waals surface area contributed by atoms with Gasteiger partial charge in [0.2, 0.25) is 5.91 Å². The van der Waals surface area contributed by atoms with E-state index in [1.807, 2.05) is 13.8 Å². The Kier molecular flexibility index (Phi) is 8.54. The van der Waals surface area contributed by atoms with E-state index in [-0.39, 0.29) is 34.7 Å². The van der Waals surface area contributed by atoms with E-state index in [1.54, 1.807) is 13.0 Å². The summed E-state index contributed by atoms with van der Waals surface area (Å²) in [6.45, 7) is 5.61. The number of nitrogens with zero attached hydrogens (tertiary/aromatic N) is 2. The molecule has 1 N–H and O–H groups in total. The van der Waals surface area contributed by atoms with Gasteiger partial charge in [0.15, 0.2) is 9.84 Å². The maximum absolute atomic E-state index is 12.9. The number of nitriles is 1. The van der Waals surface area contributed by atoms with Gasteiger partial charge in [0.05, 0.1) is 22.6 Å². The van der Waals surface area contributed by atoms with Crippen LogP contribution in [0.15, 0.2) is 23.2 Å². The summed E-state index contributed by atoms with van der Waals surface area (Å²) in [5, 5.41) is 12.2. The van der Waals surface area contributed by atoms with Crippen LogP contribution >= 0.6 is 0 Å². The molecule has 1 fully saturated rings.